The Morgan fingerprint density at radius 2 is 2.22 bits per heavy atom. The number of amides is 1. The number of carbonyl (C=O) groups is 1. The first-order chi connectivity index (χ1) is 11.2. The third-order valence-electron chi connectivity index (χ3n) is 3.03. The average Bonchev–Trinajstić information content (AvgIpc) is 3.25. The highest BCUT2D eigenvalue weighted by Crippen LogP contribution is 2.22. The van der Waals surface area contributed by atoms with E-state index in [9.17, 15) is 4.79 Å². The van der Waals surface area contributed by atoms with E-state index in [4.69, 9.17) is 8.83 Å². The van der Waals surface area contributed by atoms with Crippen LogP contribution in [0.4, 0.5) is 0 Å². The number of thioether (sulfide) groups is 1. The molecule has 0 spiro atoms. The molecule has 0 bridgehead atoms. The zero-order chi connectivity index (χ0) is 16.1. The fraction of sp³-hybridized carbons (Fsp3) is 0.200. The molecule has 0 N–H and O–H groups in total. The predicted molar refractivity (Wildman–Crippen MR) is 83.4 cm³/mol. The summed E-state index contributed by atoms with van der Waals surface area (Å²) in [4.78, 5) is 17.7. The van der Waals surface area contributed by atoms with Gasteiger partial charge in [-0.15, -0.1) is 10.2 Å². The molecule has 7 nitrogen and oxygen atoms in total. The summed E-state index contributed by atoms with van der Waals surface area (Å²) in [5.74, 6) is 1.29. The van der Waals surface area contributed by atoms with Crippen LogP contribution in [0.25, 0.3) is 11.5 Å². The fourth-order valence-corrected chi connectivity index (χ4v) is 2.54. The van der Waals surface area contributed by atoms with E-state index in [1.165, 1.54) is 11.8 Å². The Balaban J connectivity index is 1.54. The second-order valence-corrected chi connectivity index (χ2v) is 5.66. The molecule has 0 saturated carbocycles. The van der Waals surface area contributed by atoms with Gasteiger partial charge in [-0.05, 0) is 24.3 Å². The van der Waals surface area contributed by atoms with Crippen LogP contribution in [0.5, 0.6) is 0 Å². The van der Waals surface area contributed by atoms with Gasteiger partial charge in [0, 0.05) is 19.4 Å². The zero-order valence-electron chi connectivity index (χ0n) is 12.4. The molecule has 23 heavy (non-hydrogen) atoms. The Morgan fingerprint density at radius 3 is 2.96 bits per heavy atom. The third kappa shape index (κ3) is 3.98. The van der Waals surface area contributed by atoms with Crippen LogP contribution in [0.15, 0.2) is 57.0 Å². The van der Waals surface area contributed by atoms with Gasteiger partial charge in [0.1, 0.15) is 5.76 Å². The van der Waals surface area contributed by atoms with Crippen molar-refractivity contribution in [2.75, 3.05) is 12.8 Å². The summed E-state index contributed by atoms with van der Waals surface area (Å²) in [7, 11) is 1.72. The maximum Gasteiger partial charge on any atom is 0.277 e. The lowest BCUT2D eigenvalue weighted by Crippen LogP contribution is -2.27. The SMILES string of the molecule is CN(Cc1ccco1)C(=O)CSc1nnc(-c2cccnc2)o1. The molecule has 3 heterocycles. The number of pyridine rings is 1. The highest BCUT2D eigenvalue weighted by Gasteiger charge is 2.14. The lowest BCUT2D eigenvalue weighted by atomic mass is 10.3. The quantitative estimate of drug-likeness (QED) is 0.642. The number of aromatic nitrogens is 3. The summed E-state index contributed by atoms with van der Waals surface area (Å²) in [5, 5.41) is 8.23. The van der Waals surface area contributed by atoms with Gasteiger partial charge in [-0.25, -0.2) is 0 Å². The molecule has 0 radical (unpaired) electrons. The maximum atomic E-state index is 12.1. The molecule has 0 aliphatic carbocycles. The van der Waals surface area contributed by atoms with E-state index in [0.717, 1.165) is 11.3 Å². The zero-order valence-corrected chi connectivity index (χ0v) is 13.2. The van der Waals surface area contributed by atoms with Crippen LogP contribution in [0.2, 0.25) is 0 Å². The van der Waals surface area contributed by atoms with Gasteiger partial charge in [0.25, 0.3) is 5.22 Å². The van der Waals surface area contributed by atoms with Crippen molar-refractivity contribution in [3.8, 4) is 11.5 Å². The van der Waals surface area contributed by atoms with Crippen LogP contribution in [0, 0.1) is 0 Å². The van der Waals surface area contributed by atoms with Gasteiger partial charge in [0.2, 0.25) is 11.8 Å². The summed E-state index contributed by atoms with van der Waals surface area (Å²) >= 11 is 1.20. The lowest BCUT2D eigenvalue weighted by Gasteiger charge is -2.14. The molecular formula is C15H14N4O3S. The van der Waals surface area contributed by atoms with Crippen LogP contribution >= 0.6 is 11.8 Å². The van der Waals surface area contributed by atoms with Gasteiger partial charge in [-0.2, -0.15) is 0 Å². The molecule has 0 unspecified atom stereocenters. The topological polar surface area (TPSA) is 85.3 Å². The molecule has 3 rings (SSSR count). The first-order valence-electron chi connectivity index (χ1n) is 6.85. The first kappa shape index (κ1) is 15.3. The Kier molecular flexibility index (Phi) is 4.72. The standard InChI is InChI=1S/C15H14N4O3S/c1-19(9-12-5-3-7-21-12)13(20)10-23-15-18-17-14(22-15)11-4-2-6-16-8-11/h2-8H,9-10H2,1H3. The maximum absolute atomic E-state index is 12.1. The van der Waals surface area contributed by atoms with Crippen LogP contribution < -0.4 is 0 Å². The van der Waals surface area contributed by atoms with Gasteiger partial charge >= 0.3 is 0 Å². The normalized spacial score (nSPS) is 10.7. The largest absolute Gasteiger partial charge is 0.467 e. The van der Waals surface area contributed by atoms with Gasteiger partial charge in [0.15, 0.2) is 0 Å². The van der Waals surface area contributed by atoms with E-state index in [-0.39, 0.29) is 11.7 Å². The number of furan rings is 1. The molecule has 0 aromatic carbocycles. The van der Waals surface area contributed by atoms with Crippen LogP contribution in [-0.2, 0) is 11.3 Å². The minimum atomic E-state index is -0.0486. The fourth-order valence-electron chi connectivity index (χ4n) is 1.83. The number of hydrogen-bond donors (Lipinski definition) is 0. The van der Waals surface area contributed by atoms with Gasteiger partial charge in [0.05, 0.1) is 24.1 Å². The lowest BCUT2D eigenvalue weighted by molar-refractivity contribution is -0.127. The molecule has 0 aliphatic rings. The molecule has 0 aliphatic heterocycles. The Bertz CT molecular complexity index is 758. The van der Waals surface area contributed by atoms with E-state index < -0.39 is 0 Å². The van der Waals surface area contributed by atoms with Crippen molar-refractivity contribution in [2.45, 2.75) is 11.8 Å². The summed E-state index contributed by atoms with van der Waals surface area (Å²) in [6.07, 6.45) is 4.90. The predicted octanol–water partition coefficient (Wildman–Crippen LogP) is 2.48. The van der Waals surface area contributed by atoms with E-state index in [1.807, 2.05) is 12.1 Å². The highest BCUT2D eigenvalue weighted by atomic mass is 32.2. The Morgan fingerprint density at radius 1 is 1.30 bits per heavy atom. The van der Waals surface area contributed by atoms with Gasteiger partial charge < -0.3 is 13.7 Å². The molecule has 118 valence electrons. The summed E-state index contributed by atoms with van der Waals surface area (Å²) in [6.45, 7) is 0.428. The monoisotopic (exact) mass is 330 g/mol. The van der Waals surface area contributed by atoms with Gasteiger partial charge in [-0.3, -0.25) is 9.78 Å². The smallest absolute Gasteiger partial charge is 0.277 e. The minimum absolute atomic E-state index is 0.0486. The number of rotatable bonds is 6. The van der Waals surface area contributed by atoms with E-state index >= 15 is 0 Å². The molecular weight excluding hydrogens is 316 g/mol. The second-order valence-electron chi connectivity index (χ2n) is 4.73. The molecule has 3 aromatic heterocycles. The second kappa shape index (κ2) is 7.10. The van der Waals surface area contributed by atoms with Crippen LogP contribution in [-0.4, -0.2) is 38.8 Å². The van der Waals surface area contributed by atoms with Crippen molar-refractivity contribution in [1.29, 1.82) is 0 Å². The van der Waals surface area contributed by atoms with Crippen molar-refractivity contribution < 1.29 is 13.6 Å². The Labute approximate surface area is 136 Å². The molecule has 3 aromatic rings. The minimum Gasteiger partial charge on any atom is -0.467 e. The van der Waals surface area contributed by atoms with Crippen molar-refractivity contribution in [2.24, 2.45) is 0 Å². The van der Waals surface area contributed by atoms with E-state index in [1.54, 1.807) is 42.7 Å². The first-order valence-corrected chi connectivity index (χ1v) is 7.84. The molecule has 0 fully saturated rings. The molecule has 8 heteroatoms. The molecule has 0 saturated heterocycles. The van der Waals surface area contributed by atoms with E-state index in [0.29, 0.717) is 17.7 Å². The molecule has 1 amide bonds. The summed E-state index contributed by atoms with van der Waals surface area (Å²) in [5.41, 5.74) is 0.744. The average molecular weight is 330 g/mol. The molecule has 0 atom stereocenters. The number of nitrogens with zero attached hydrogens (tertiary/aromatic N) is 4. The van der Waals surface area contributed by atoms with Crippen molar-refractivity contribution in [3.63, 3.8) is 0 Å². The van der Waals surface area contributed by atoms with Gasteiger partial charge in [-0.1, -0.05) is 11.8 Å². The third-order valence-corrected chi connectivity index (χ3v) is 3.84. The summed E-state index contributed by atoms with van der Waals surface area (Å²) < 4.78 is 10.7. The van der Waals surface area contributed by atoms with E-state index in [2.05, 4.69) is 15.2 Å². The highest BCUT2D eigenvalue weighted by molar-refractivity contribution is 7.99. The Hall–Kier alpha value is -2.61. The number of hydrogen-bond acceptors (Lipinski definition) is 7. The van der Waals surface area contributed by atoms with Crippen LogP contribution in [0.3, 0.4) is 0 Å². The number of carbonyl (C=O) groups excluding carboxylic acids is 1. The van der Waals surface area contributed by atoms with Crippen molar-refractivity contribution >= 4 is 17.7 Å². The van der Waals surface area contributed by atoms with Crippen LogP contribution in [0.1, 0.15) is 5.76 Å². The summed E-state index contributed by atoms with van der Waals surface area (Å²) in [6, 6.07) is 7.24. The van der Waals surface area contributed by atoms with Crippen molar-refractivity contribution in [1.82, 2.24) is 20.1 Å². The van der Waals surface area contributed by atoms with Crippen molar-refractivity contribution in [3.05, 3.63) is 48.7 Å².